The quantitative estimate of drug-likeness (QED) is 0.607. The third-order valence-electron chi connectivity index (χ3n) is 3.29. The number of nitrogens with one attached hydrogen (secondary N) is 1. The molecular weight excluding hydrogens is 310 g/mol. The number of amides is 1. The van der Waals surface area contributed by atoms with Gasteiger partial charge >= 0.3 is 5.97 Å². The van der Waals surface area contributed by atoms with Crippen LogP contribution in [0.5, 0.6) is 11.5 Å². The summed E-state index contributed by atoms with van der Waals surface area (Å²) in [5, 5.41) is 30.2. The fraction of sp³-hybridized carbons (Fsp3) is 0.111. The maximum absolute atomic E-state index is 11.9. The summed E-state index contributed by atoms with van der Waals surface area (Å²) in [6.45, 7) is 0. The molecule has 1 atom stereocenters. The van der Waals surface area contributed by atoms with Crippen LogP contribution in [-0.4, -0.2) is 33.2 Å². The first kappa shape index (κ1) is 17.1. The third kappa shape index (κ3) is 5.17. The number of aromatic hydroxyl groups is 2. The first-order valence-corrected chi connectivity index (χ1v) is 7.22. The Labute approximate surface area is 138 Å². The highest BCUT2D eigenvalue weighted by Gasteiger charge is 2.19. The second kappa shape index (κ2) is 7.82. The van der Waals surface area contributed by atoms with Crippen molar-refractivity contribution in [2.75, 3.05) is 0 Å². The molecular formula is C18H17NO5. The van der Waals surface area contributed by atoms with Gasteiger partial charge in [-0.05, 0) is 41.5 Å². The van der Waals surface area contributed by atoms with E-state index in [1.54, 1.807) is 24.3 Å². The molecule has 124 valence electrons. The third-order valence-corrected chi connectivity index (χ3v) is 3.29. The van der Waals surface area contributed by atoms with E-state index in [-0.39, 0.29) is 17.9 Å². The maximum Gasteiger partial charge on any atom is 0.326 e. The molecule has 0 spiro atoms. The van der Waals surface area contributed by atoms with Gasteiger partial charge in [-0.1, -0.05) is 24.3 Å². The number of phenols is 2. The van der Waals surface area contributed by atoms with Crippen LogP contribution in [-0.2, 0) is 16.0 Å². The number of carboxylic acid groups (broad SMARTS) is 1. The largest absolute Gasteiger partial charge is 0.508 e. The van der Waals surface area contributed by atoms with Crippen LogP contribution in [0.1, 0.15) is 11.1 Å². The normalized spacial score (nSPS) is 12.0. The van der Waals surface area contributed by atoms with Gasteiger partial charge in [0.05, 0.1) is 0 Å². The van der Waals surface area contributed by atoms with Crippen LogP contribution in [0.4, 0.5) is 0 Å². The summed E-state index contributed by atoms with van der Waals surface area (Å²) in [6, 6.07) is 11.3. The van der Waals surface area contributed by atoms with E-state index in [1.165, 1.54) is 36.4 Å². The molecule has 24 heavy (non-hydrogen) atoms. The number of hydrogen-bond acceptors (Lipinski definition) is 4. The molecule has 2 aromatic carbocycles. The van der Waals surface area contributed by atoms with Gasteiger partial charge in [0.15, 0.2) is 0 Å². The predicted octanol–water partition coefficient (Wildman–Crippen LogP) is 1.92. The van der Waals surface area contributed by atoms with Crippen LogP contribution >= 0.6 is 0 Å². The van der Waals surface area contributed by atoms with Gasteiger partial charge in [0.1, 0.15) is 17.5 Å². The van der Waals surface area contributed by atoms with Crippen molar-refractivity contribution in [3.8, 4) is 11.5 Å². The van der Waals surface area contributed by atoms with Crippen LogP contribution in [0.15, 0.2) is 54.6 Å². The molecule has 0 bridgehead atoms. The molecule has 0 unspecified atom stereocenters. The van der Waals surface area contributed by atoms with Crippen LogP contribution in [0.25, 0.3) is 6.08 Å². The van der Waals surface area contributed by atoms with Crippen LogP contribution in [0, 0.1) is 0 Å². The SMILES string of the molecule is O=C(/C=C/c1cccc(O)c1)N[C@@H](Cc1ccc(O)cc1)C(=O)O. The number of hydrogen-bond donors (Lipinski definition) is 4. The van der Waals surface area contributed by atoms with E-state index in [0.717, 1.165) is 0 Å². The van der Waals surface area contributed by atoms with Gasteiger partial charge in [-0.2, -0.15) is 0 Å². The summed E-state index contributed by atoms with van der Waals surface area (Å²) < 4.78 is 0. The summed E-state index contributed by atoms with van der Waals surface area (Å²) >= 11 is 0. The molecule has 2 aromatic rings. The van der Waals surface area contributed by atoms with Crippen molar-refractivity contribution < 1.29 is 24.9 Å². The molecule has 0 aliphatic carbocycles. The van der Waals surface area contributed by atoms with Gasteiger partial charge < -0.3 is 20.6 Å². The Hall–Kier alpha value is -3.28. The number of carboxylic acids is 1. The van der Waals surface area contributed by atoms with Crippen molar-refractivity contribution in [1.29, 1.82) is 0 Å². The number of phenolic OH excluding ortho intramolecular Hbond substituents is 2. The molecule has 0 radical (unpaired) electrons. The Morgan fingerprint density at radius 2 is 1.75 bits per heavy atom. The lowest BCUT2D eigenvalue weighted by Gasteiger charge is -2.13. The first-order chi connectivity index (χ1) is 11.4. The fourth-order valence-electron chi connectivity index (χ4n) is 2.09. The Morgan fingerprint density at radius 1 is 1.04 bits per heavy atom. The van der Waals surface area contributed by atoms with Crippen molar-refractivity contribution in [2.45, 2.75) is 12.5 Å². The zero-order chi connectivity index (χ0) is 17.5. The molecule has 4 N–H and O–H groups in total. The molecule has 0 saturated carbocycles. The molecule has 0 aliphatic rings. The van der Waals surface area contributed by atoms with Gasteiger partial charge in [0.2, 0.25) is 5.91 Å². The molecule has 6 nitrogen and oxygen atoms in total. The monoisotopic (exact) mass is 327 g/mol. The minimum absolute atomic E-state index is 0.0771. The standard InChI is InChI=1S/C18H17NO5/c20-14-7-4-13(5-8-14)11-16(18(23)24)19-17(22)9-6-12-2-1-3-15(21)10-12/h1-10,16,20-21H,11H2,(H,19,22)(H,23,24)/b9-6+/t16-/m0/s1. The first-order valence-electron chi connectivity index (χ1n) is 7.22. The van der Waals surface area contributed by atoms with Gasteiger partial charge in [-0.25, -0.2) is 4.79 Å². The van der Waals surface area contributed by atoms with Gasteiger partial charge in [-0.3, -0.25) is 4.79 Å². The molecule has 0 saturated heterocycles. The van der Waals surface area contributed by atoms with E-state index in [2.05, 4.69) is 5.32 Å². The minimum atomic E-state index is -1.15. The fourth-order valence-corrected chi connectivity index (χ4v) is 2.09. The van der Waals surface area contributed by atoms with E-state index in [9.17, 15) is 24.9 Å². The second-order valence-corrected chi connectivity index (χ2v) is 5.20. The molecule has 0 aliphatic heterocycles. The van der Waals surface area contributed by atoms with Crippen LogP contribution in [0.2, 0.25) is 0 Å². The Bertz CT molecular complexity index is 752. The maximum atomic E-state index is 11.9. The van der Waals surface area contributed by atoms with E-state index < -0.39 is 17.9 Å². The number of carbonyl (C=O) groups excluding carboxylic acids is 1. The smallest absolute Gasteiger partial charge is 0.326 e. The molecule has 0 aromatic heterocycles. The lowest BCUT2D eigenvalue weighted by Crippen LogP contribution is -2.41. The summed E-state index contributed by atoms with van der Waals surface area (Å²) in [5.41, 5.74) is 1.30. The number of aliphatic carboxylic acids is 1. The van der Waals surface area contributed by atoms with E-state index in [4.69, 9.17) is 0 Å². The average Bonchev–Trinajstić information content (AvgIpc) is 2.54. The number of rotatable bonds is 6. The highest BCUT2D eigenvalue weighted by atomic mass is 16.4. The van der Waals surface area contributed by atoms with E-state index in [0.29, 0.717) is 11.1 Å². The predicted molar refractivity (Wildman–Crippen MR) is 88.5 cm³/mol. The van der Waals surface area contributed by atoms with Crippen molar-refractivity contribution in [1.82, 2.24) is 5.32 Å². The lowest BCUT2D eigenvalue weighted by molar-refractivity contribution is -0.141. The number of carbonyl (C=O) groups is 2. The van der Waals surface area contributed by atoms with Crippen LogP contribution in [0.3, 0.4) is 0 Å². The molecule has 0 heterocycles. The summed E-state index contributed by atoms with van der Waals surface area (Å²) in [7, 11) is 0. The molecule has 0 fully saturated rings. The van der Waals surface area contributed by atoms with Gasteiger partial charge in [0.25, 0.3) is 0 Å². The number of benzene rings is 2. The molecule has 6 heteroatoms. The lowest BCUT2D eigenvalue weighted by atomic mass is 10.1. The minimum Gasteiger partial charge on any atom is -0.508 e. The highest BCUT2D eigenvalue weighted by molar-refractivity contribution is 5.94. The second-order valence-electron chi connectivity index (χ2n) is 5.20. The van der Waals surface area contributed by atoms with Crippen molar-refractivity contribution >= 4 is 18.0 Å². The van der Waals surface area contributed by atoms with Crippen LogP contribution < -0.4 is 5.32 Å². The van der Waals surface area contributed by atoms with Crippen molar-refractivity contribution in [3.05, 3.63) is 65.7 Å². The van der Waals surface area contributed by atoms with Crippen molar-refractivity contribution in [3.63, 3.8) is 0 Å². The Kier molecular flexibility index (Phi) is 5.57. The average molecular weight is 327 g/mol. The van der Waals surface area contributed by atoms with Crippen molar-refractivity contribution in [2.24, 2.45) is 0 Å². The highest BCUT2D eigenvalue weighted by Crippen LogP contribution is 2.13. The zero-order valence-corrected chi connectivity index (χ0v) is 12.7. The topological polar surface area (TPSA) is 107 Å². The molecule has 2 rings (SSSR count). The van der Waals surface area contributed by atoms with E-state index in [1.807, 2.05) is 0 Å². The summed E-state index contributed by atoms with van der Waals surface area (Å²) in [5.74, 6) is -1.54. The van der Waals surface area contributed by atoms with E-state index >= 15 is 0 Å². The zero-order valence-electron chi connectivity index (χ0n) is 12.7. The summed E-state index contributed by atoms with van der Waals surface area (Å²) in [4.78, 5) is 23.2. The van der Waals surface area contributed by atoms with Gasteiger partial charge in [0, 0.05) is 12.5 Å². The van der Waals surface area contributed by atoms with Gasteiger partial charge in [-0.15, -0.1) is 0 Å². The Balaban J connectivity index is 2.00. The Morgan fingerprint density at radius 3 is 2.38 bits per heavy atom. The summed E-state index contributed by atoms with van der Waals surface area (Å²) in [6.07, 6.45) is 2.79. The molecule has 1 amide bonds.